The number of carbonyl (C=O) groups excluding carboxylic acids is 2. The third-order valence-corrected chi connectivity index (χ3v) is 8.07. The summed E-state index contributed by atoms with van der Waals surface area (Å²) in [4.78, 5) is 39.3. The normalized spacial score (nSPS) is 25.6. The second-order valence-electron chi connectivity index (χ2n) is 10.2. The summed E-state index contributed by atoms with van der Waals surface area (Å²) in [7, 11) is 0. The van der Waals surface area contributed by atoms with Crippen LogP contribution < -0.4 is 5.32 Å². The Morgan fingerprint density at radius 3 is 2.34 bits per heavy atom. The number of nitrogens with zero attached hydrogens (tertiary/aromatic N) is 1. The number of piperidine rings is 1. The van der Waals surface area contributed by atoms with E-state index in [0.717, 1.165) is 24.0 Å². The summed E-state index contributed by atoms with van der Waals surface area (Å²) in [6, 6.07) is 16.3. The van der Waals surface area contributed by atoms with E-state index < -0.39 is 17.6 Å². The first-order valence-corrected chi connectivity index (χ1v) is 12.5. The van der Waals surface area contributed by atoms with Crippen molar-refractivity contribution in [1.29, 1.82) is 0 Å². The quantitative estimate of drug-likeness (QED) is 0.660. The first-order valence-electron chi connectivity index (χ1n) is 12.5. The molecule has 3 unspecified atom stereocenters. The second-order valence-corrected chi connectivity index (χ2v) is 10.2. The van der Waals surface area contributed by atoms with Crippen molar-refractivity contribution in [2.75, 3.05) is 13.2 Å². The van der Waals surface area contributed by atoms with E-state index in [4.69, 9.17) is 4.74 Å². The van der Waals surface area contributed by atoms with Crippen molar-refractivity contribution in [3.63, 3.8) is 0 Å². The molecular weight excluding hydrogens is 444 g/mol. The maximum Gasteiger partial charge on any atom is 0.407 e. The summed E-state index contributed by atoms with van der Waals surface area (Å²) in [5.74, 6) is -1.33. The molecule has 2 aromatic rings. The average Bonchev–Trinajstić information content (AvgIpc) is 3.45. The number of likely N-dealkylation sites (tertiary alicyclic amines) is 1. The van der Waals surface area contributed by atoms with Gasteiger partial charge in [-0.15, -0.1) is 0 Å². The smallest absolute Gasteiger partial charge is 0.407 e. The van der Waals surface area contributed by atoms with Crippen LogP contribution in [0.5, 0.6) is 0 Å². The molecule has 1 heterocycles. The number of rotatable bonds is 5. The molecule has 0 aromatic heterocycles. The Bertz CT molecular complexity index is 1100. The third-order valence-electron chi connectivity index (χ3n) is 8.07. The minimum absolute atomic E-state index is 0.00106. The molecule has 5 rings (SSSR count). The Balaban J connectivity index is 1.17. The van der Waals surface area contributed by atoms with Crippen molar-refractivity contribution in [2.45, 2.75) is 62.9 Å². The average molecular weight is 477 g/mol. The van der Waals surface area contributed by atoms with E-state index in [-0.39, 0.29) is 30.4 Å². The van der Waals surface area contributed by atoms with Crippen LogP contribution in [0.15, 0.2) is 48.5 Å². The highest BCUT2D eigenvalue weighted by Crippen LogP contribution is 2.44. The van der Waals surface area contributed by atoms with Crippen LogP contribution >= 0.6 is 0 Å². The fourth-order valence-corrected chi connectivity index (χ4v) is 6.06. The van der Waals surface area contributed by atoms with Crippen molar-refractivity contribution < 1.29 is 24.2 Å². The topological polar surface area (TPSA) is 95.9 Å². The van der Waals surface area contributed by atoms with Crippen LogP contribution in [0.1, 0.15) is 62.5 Å². The van der Waals surface area contributed by atoms with Crippen LogP contribution in [-0.2, 0) is 14.3 Å². The summed E-state index contributed by atoms with van der Waals surface area (Å²) >= 11 is 0. The molecule has 7 nitrogen and oxygen atoms in total. The van der Waals surface area contributed by atoms with Gasteiger partial charge in [0, 0.05) is 24.4 Å². The zero-order valence-electron chi connectivity index (χ0n) is 20.0. The molecule has 3 aliphatic rings. The van der Waals surface area contributed by atoms with E-state index in [1.165, 1.54) is 11.1 Å². The molecule has 1 aliphatic heterocycles. The summed E-state index contributed by atoms with van der Waals surface area (Å²) in [5, 5.41) is 12.7. The standard InChI is InChI=1S/C28H32N2O5/c1-28(26(32)33)14-6-7-15-30(28)25(31)18-12-13-19(16-18)29-27(34)35-17-24-22-10-4-2-8-20(22)21-9-3-5-11-23(21)24/h2-5,8-11,18-19,24H,6-7,12-17H2,1H3,(H,29,34)(H,32,33). The minimum atomic E-state index is -1.15. The molecular formula is C28H32N2O5. The van der Waals surface area contributed by atoms with Gasteiger partial charge in [-0.2, -0.15) is 0 Å². The fraction of sp³-hybridized carbons (Fsp3) is 0.464. The van der Waals surface area contributed by atoms with Crippen LogP contribution in [-0.4, -0.2) is 52.7 Å². The molecule has 2 N–H and O–H groups in total. The number of nitrogens with one attached hydrogen (secondary N) is 1. The van der Waals surface area contributed by atoms with Gasteiger partial charge in [-0.1, -0.05) is 48.5 Å². The number of carboxylic acids is 1. The van der Waals surface area contributed by atoms with E-state index in [1.807, 2.05) is 24.3 Å². The van der Waals surface area contributed by atoms with Gasteiger partial charge in [-0.3, -0.25) is 4.79 Å². The largest absolute Gasteiger partial charge is 0.480 e. The zero-order valence-corrected chi connectivity index (χ0v) is 20.0. The van der Waals surface area contributed by atoms with Crippen molar-refractivity contribution >= 4 is 18.0 Å². The molecule has 35 heavy (non-hydrogen) atoms. The van der Waals surface area contributed by atoms with Crippen LogP contribution in [0.3, 0.4) is 0 Å². The van der Waals surface area contributed by atoms with Gasteiger partial charge in [0.1, 0.15) is 12.1 Å². The number of ether oxygens (including phenoxy) is 1. The van der Waals surface area contributed by atoms with E-state index in [0.29, 0.717) is 32.2 Å². The predicted molar refractivity (Wildman–Crippen MR) is 131 cm³/mol. The molecule has 1 saturated heterocycles. The Hall–Kier alpha value is -3.35. The van der Waals surface area contributed by atoms with Crippen molar-refractivity contribution in [2.24, 2.45) is 5.92 Å². The van der Waals surface area contributed by atoms with E-state index in [9.17, 15) is 19.5 Å². The number of amides is 2. The van der Waals surface area contributed by atoms with Gasteiger partial charge in [0.25, 0.3) is 0 Å². The fourth-order valence-electron chi connectivity index (χ4n) is 6.06. The maximum atomic E-state index is 13.2. The van der Waals surface area contributed by atoms with Gasteiger partial charge in [0.15, 0.2) is 0 Å². The Kier molecular flexibility index (Phi) is 6.26. The number of benzene rings is 2. The molecule has 0 bridgehead atoms. The van der Waals surface area contributed by atoms with Crippen molar-refractivity contribution in [3.8, 4) is 11.1 Å². The summed E-state index contributed by atoms with van der Waals surface area (Å²) in [6.07, 6.45) is 3.46. The lowest BCUT2D eigenvalue weighted by Crippen LogP contribution is -2.58. The van der Waals surface area contributed by atoms with Gasteiger partial charge in [-0.05, 0) is 67.7 Å². The van der Waals surface area contributed by atoms with Gasteiger partial charge in [0.2, 0.25) is 5.91 Å². The monoisotopic (exact) mass is 476 g/mol. The molecule has 3 atom stereocenters. The Morgan fingerprint density at radius 2 is 1.69 bits per heavy atom. The summed E-state index contributed by atoms with van der Waals surface area (Å²) in [5.41, 5.74) is 3.54. The molecule has 2 aromatic carbocycles. The molecule has 1 saturated carbocycles. The number of carboxylic acid groups (broad SMARTS) is 1. The number of alkyl carbamates (subject to hydrolysis) is 1. The van der Waals surface area contributed by atoms with Crippen LogP contribution in [0.4, 0.5) is 4.79 Å². The highest BCUT2D eigenvalue weighted by molar-refractivity contribution is 5.88. The molecule has 0 radical (unpaired) electrons. The van der Waals surface area contributed by atoms with Crippen molar-refractivity contribution in [3.05, 3.63) is 59.7 Å². The number of hydrogen-bond donors (Lipinski definition) is 2. The van der Waals surface area contributed by atoms with E-state index in [2.05, 4.69) is 29.6 Å². The lowest BCUT2D eigenvalue weighted by Gasteiger charge is -2.42. The molecule has 0 spiro atoms. The lowest BCUT2D eigenvalue weighted by molar-refractivity contribution is -0.162. The van der Waals surface area contributed by atoms with Gasteiger partial charge < -0.3 is 20.1 Å². The summed E-state index contributed by atoms with van der Waals surface area (Å²) in [6.45, 7) is 2.37. The van der Waals surface area contributed by atoms with Crippen LogP contribution in [0, 0.1) is 5.92 Å². The maximum absolute atomic E-state index is 13.2. The summed E-state index contributed by atoms with van der Waals surface area (Å²) < 4.78 is 5.66. The minimum Gasteiger partial charge on any atom is -0.480 e. The van der Waals surface area contributed by atoms with Gasteiger partial charge in [0.05, 0.1) is 0 Å². The lowest BCUT2D eigenvalue weighted by atomic mass is 9.87. The van der Waals surface area contributed by atoms with Gasteiger partial charge in [-0.25, -0.2) is 9.59 Å². The molecule has 2 fully saturated rings. The number of aliphatic carboxylic acids is 1. The highest BCUT2D eigenvalue weighted by atomic mass is 16.5. The van der Waals surface area contributed by atoms with Crippen molar-refractivity contribution in [1.82, 2.24) is 10.2 Å². The first-order chi connectivity index (χ1) is 16.9. The zero-order chi connectivity index (χ0) is 24.6. The predicted octanol–water partition coefficient (Wildman–Crippen LogP) is 4.55. The van der Waals surface area contributed by atoms with Crippen LogP contribution in [0.2, 0.25) is 0 Å². The SMILES string of the molecule is CC1(C(=O)O)CCCCN1C(=O)C1CCC(NC(=O)OCC2c3ccccc3-c3ccccc32)C1. The molecule has 2 aliphatic carbocycles. The third kappa shape index (κ3) is 4.28. The molecule has 2 amide bonds. The van der Waals surface area contributed by atoms with E-state index >= 15 is 0 Å². The van der Waals surface area contributed by atoms with E-state index in [1.54, 1.807) is 11.8 Å². The number of hydrogen-bond acceptors (Lipinski definition) is 4. The molecule has 7 heteroatoms. The van der Waals surface area contributed by atoms with Gasteiger partial charge >= 0.3 is 12.1 Å². The number of carbonyl (C=O) groups is 3. The second kappa shape index (κ2) is 9.36. The molecule has 184 valence electrons. The Labute approximate surface area is 205 Å². The highest BCUT2D eigenvalue weighted by Gasteiger charge is 2.46. The number of fused-ring (bicyclic) bond motifs is 3. The first kappa shape index (κ1) is 23.4. The Morgan fingerprint density at radius 1 is 1.03 bits per heavy atom. The van der Waals surface area contributed by atoms with Crippen LogP contribution in [0.25, 0.3) is 11.1 Å².